The van der Waals surface area contributed by atoms with Gasteiger partial charge in [-0.15, -0.1) is 0 Å². The van der Waals surface area contributed by atoms with Crippen LogP contribution < -0.4 is 10.6 Å². The van der Waals surface area contributed by atoms with Crippen LogP contribution in [0, 0.1) is 6.92 Å². The summed E-state index contributed by atoms with van der Waals surface area (Å²) in [5.41, 5.74) is 5.63. The van der Waals surface area contributed by atoms with Crippen LogP contribution in [0.3, 0.4) is 0 Å². The van der Waals surface area contributed by atoms with Crippen LogP contribution >= 0.6 is 0 Å². The number of carbonyl (C=O) groups is 3. The lowest BCUT2D eigenvalue weighted by atomic mass is 9.97. The van der Waals surface area contributed by atoms with E-state index >= 15 is 0 Å². The van der Waals surface area contributed by atoms with E-state index in [0.29, 0.717) is 44.9 Å². The largest absolute Gasteiger partial charge is 0.341 e. The summed E-state index contributed by atoms with van der Waals surface area (Å²) >= 11 is 0. The van der Waals surface area contributed by atoms with Gasteiger partial charge in [-0.1, -0.05) is 43.3 Å². The fourth-order valence-electron chi connectivity index (χ4n) is 7.89. The zero-order chi connectivity index (χ0) is 32.9. The summed E-state index contributed by atoms with van der Waals surface area (Å²) in [6.07, 6.45) is 5.60. The molecule has 0 bridgehead atoms. The number of aryl methyl sites for hydroxylation is 2. The third kappa shape index (κ3) is 7.92. The van der Waals surface area contributed by atoms with Gasteiger partial charge in [0.1, 0.15) is 6.04 Å². The molecule has 5 amide bonds. The molecule has 3 fully saturated rings. The summed E-state index contributed by atoms with van der Waals surface area (Å²) < 4.78 is 0. The van der Waals surface area contributed by atoms with Crippen LogP contribution in [0.1, 0.15) is 54.9 Å². The molecule has 1 atom stereocenters. The van der Waals surface area contributed by atoms with E-state index in [0.717, 1.165) is 81.8 Å². The number of nitrogens with one attached hydrogen (secondary N) is 2. The molecule has 0 spiro atoms. The first-order valence-corrected chi connectivity index (χ1v) is 17.8. The van der Waals surface area contributed by atoms with Crippen molar-refractivity contribution in [2.45, 2.75) is 76.9 Å². The highest BCUT2D eigenvalue weighted by Crippen LogP contribution is 2.25. The summed E-state index contributed by atoms with van der Waals surface area (Å²) in [7, 11) is 2.18. The lowest BCUT2D eigenvalue weighted by Gasteiger charge is -2.42. The molecule has 2 aromatic rings. The van der Waals surface area contributed by atoms with Gasteiger partial charge in [0.2, 0.25) is 5.91 Å². The summed E-state index contributed by atoms with van der Waals surface area (Å²) in [6.45, 7) is 11.9. The van der Waals surface area contributed by atoms with Crippen LogP contribution in [0.2, 0.25) is 0 Å². The number of piperidine rings is 2. The molecule has 0 unspecified atom stereocenters. The van der Waals surface area contributed by atoms with E-state index in [1.54, 1.807) is 0 Å². The van der Waals surface area contributed by atoms with Crippen LogP contribution in [0.4, 0.5) is 15.3 Å². The van der Waals surface area contributed by atoms with Gasteiger partial charge in [-0.05, 0) is 80.8 Å². The fraction of sp³-hybridized carbons (Fsp3) is 0.595. The van der Waals surface area contributed by atoms with E-state index in [4.69, 9.17) is 0 Å². The summed E-state index contributed by atoms with van der Waals surface area (Å²) in [5.74, 6) is 0.0180. The van der Waals surface area contributed by atoms with Gasteiger partial charge < -0.3 is 30.2 Å². The zero-order valence-corrected chi connectivity index (χ0v) is 28.5. The second kappa shape index (κ2) is 15.1. The minimum atomic E-state index is -0.622. The van der Waals surface area contributed by atoms with Crippen LogP contribution in [0.15, 0.2) is 42.5 Å². The highest BCUT2D eigenvalue weighted by molar-refractivity contribution is 5.91. The van der Waals surface area contributed by atoms with Crippen LogP contribution in [-0.2, 0) is 24.1 Å². The molecule has 0 saturated carbocycles. The minimum absolute atomic E-state index is 0.0180. The molecule has 10 heteroatoms. The van der Waals surface area contributed by atoms with E-state index in [9.17, 15) is 14.4 Å². The van der Waals surface area contributed by atoms with E-state index < -0.39 is 6.04 Å². The molecule has 10 nitrogen and oxygen atoms in total. The number of carbonyl (C=O) groups excluding carboxylic acids is 3. The molecule has 0 radical (unpaired) electrons. The van der Waals surface area contributed by atoms with Gasteiger partial charge in [-0.25, -0.2) is 9.59 Å². The smallest absolute Gasteiger partial charge is 0.322 e. The van der Waals surface area contributed by atoms with Crippen molar-refractivity contribution in [1.29, 1.82) is 0 Å². The molecule has 2 aromatic carbocycles. The van der Waals surface area contributed by atoms with Gasteiger partial charge in [0.25, 0.3) is 0 Å². The topological polar surface area (TPSA) is 91.5 Å². The van der Waals surface area contributed by atoms with Gasteiger partial charge in [0.15, 0.2) is 0 Å². The lowest BCUT2D eigenvalue weighted by Crippen LogP contribution is -2.58. The molecule has 254 valence electrons. The fourth-order valence-corrected chi connectivity index (χ4v) is 7.89. The number of nitrogens with zero attached hydrogens (tertiary/aromatic N) is 5. The number of fused-ring (bicyclic) bond motifs is 1. The second-order valence-corrected chi connectivity index (χ2v) is 14.0. The van der Waals surface area contributed by atoms with Crippen molar-refractivity contribution in [3.63, 3.8) is 0 Å². The molecule has 6 rings (SSSR count). The average molecular weight is 644 g/mol. The standard InChI is InChI=1S/C37H53N7O3/c1-4-29-25-28(10-9-27(29)2)26-34(35(45)42-16-12-31(13-17-42)41-23-21-40(3)22-24-41)39-36(46)43-18-14-32(15-19-43)44-20-11-30-7-5-6-8-33(30)38-37(44)47/h5-10,25,31-32,34H,4,11-24,26H2,1-3H3,(H,38,47)(H,39,46)/t34-/m1/s1. The van der Waals surface area contributed by atoms with Crippen molar-refractivity contribution < 1.29 is 14.4 Å². The highest BCUT2D eigenvalue weighted by atomic mass is 16.2. The number of rotatable bonds is 7. The number of amides is 5. The maximum Gasteiger partial charge on any atom is 0.322 e. The Morgan fingerprint density at radius 2 is 1.55 bits per heavy atom. The first kappa shape index (κ1) is 33.3. The Hall–Kier alpha value is -3.63. The molecule has 4 aliphatic rings. The third-order valence-corrected chi connectivity index (χ3v) is 11.0. The van der Waals surface area contributed by atoms with Crippen molar-refractivity contribution in [1.82, 2.24) is 29.8 Å². The Morgan fingerprint density at radius 1 is 0.872 bits per heavy atom. The number of likely N-dealkylation sites (tertiary alicyclic amines) is 2. The van der Waals surface area contributed by atoms with E-state index in [1.165, 1.54) is 11.1 Å². The highest BCUT2D eigenvalue weighted by Gasteiger charge is 2.35. The Kier molecular flexibility index (Phi) is 10.7. The third-order valence-electron chi connectivity index (χ3n) is 11.0. The van der Waals surface area contributed by atoms with Gasteiger partial charge in [-0.2, -0.15) is 0 Å². The lowest BCUT2D eigenvalue weighted by molar-refractivity contribution is -0.135. The van der Waals surface area contributed by atoms with Crippen molar-refractivity contribution in [3.05, 3.63) is 64.7 Å². The molecule has 4 heterocycles. The first-order valence-electron chi connectivity index (χ1n) is 17.8. The second-order valence-electron chi connectivity index (χ2n) is 14.0. The molecule has 47 heavy (non-hydrogen) atoms. The summed E-state index contributed by atoms with van der Waals surface area (Å²) in [4.78, 5) is 51.7. The summed E-state index contributed by atoms with van der Waals surface area (Å²) in [6, 6.07) is 14.1. The van der Waals surface area contributed by atoms with Crippen molar-refractivity contribution >= 4 is 23.7 Å². The Morgan fingerprint density at radius 3 is 2.28 bits per heavy atom. The van der Waals surface area contributed by atoms with Gasteiger partial charge in [0.05, 0.1) is 0 Å². The Labute approximate surface area is 280 Å². The number of piperazine rings is 1. The predicted octanol–water partition coefficient (Wildman–Crippen LogP) is 3.97. The van der Waals surface area contributed by atoms with Crippen LogP contribution in [0.5, 0.6) is 0 Å². The predicted molar refractivity (Wildman–Crippen MR) is 186 cm³/mol. The van der Waals surface area contributed by atoms with Crippen molar-refractivity contribution in [2.75, 3.05) is 71.3 Å². The van der Waals surface area contributed by atoms with E-state index in [-0.39, 0.29) is 24.0 Å². The molecular weight excluding hydrogens is 590 g/mol. The monoisotopic (exact) mass is 643 g/mol. The number of anilines is 1. The Balaban J connectivity index is 1.08. The Bertz CT molecular complexity index is 1410. The molecule has 2 N–H and O–H groups in total. The summed E-state index contributed by atoms with van der Waals surface area (Å²) in [5, 5.41) is 6.25. The van der Waals surface area contributed by atoms with Crippen LogP contribution in [0.25, 0.3) is 0 Å². The van der Waals surface area contributed by atoms with E-state index in [1.807, 2.05) is 32.9 Å². The number of urea groups is 2. The number of benzene rings is 2. The van der Waals surface area contributed by atoms with Gasteiger partial charge >= 0.3 is 12.1 Å². The SMILES string of the molecule is CCc1cc(C[C@@H](NC(=O)N2CCC(N3CCc4ccccc4NC3=O)CC2)C(=O)N2CCC(N3CCN(C)CC3)CC2)ccc1C. The van der Waals surface area contributed by atoms with Crippen LogP contribution in [-0.4, -0.2) is 127 Å². The first-order chi connectivity index (χ1) is 22.8. The zero-order valence-electron chi connectivity index (χ0n) is 28.5. The number of para-hydroxylation sites is 1. The van der Waals surface area contributed by atoms with Crippen molar-refractivity contribution in [3.8, 4) is 0 Å². The maximum atomic E-state index is 14.1. The molecule has 3 saturated heterocycles. The van der Waals surface area contributed by atoms with E-state index in [2.05, 4.69) is 65.6 Å². The molecular formula is C37H53N7O3. The van der Waals surface area contributed by atoms with Gasteiger partial charge in [0, 0.05) is 83.1 Å². The molecule has 0 aromatic heterocycles. The number of hydrogen-bond acceptors (Lipinski definition) is 5. The minimum Gasteiger partial charge on any atom is -0.341 e. The average Bonchev–Trinajstić information content (AvgIpc) is 3.27. The number of hydrogen-bond donors (Lipinski definition) is 2. The normalized spacial score (nSPS) is 21.2. The molecule has 4 aliphatic heterocycles. The quantitative estimate of drug-likeness (QED) is 0.477. The van der Waals surface area contributed by atoms with Gasteiger partial charge in [-0.3, -0.25) is 9.69 Å². The number of likely N-dealkylation sites (N-methyl/N-ethyl adjacent to an activating group) is 1. The maximum absolute atomic E-state index is 14.1. The van der Waals surface area contributed by atoms with Crippen molar-refractivity contribution in [2.24, 2.45) is 0 Å². The molecule has 0 aliphatic carbocycles.